The van der Waals surface area contributed by atoms with Crippen molar-refractivity contribution < 1.29 is 0 Å². The topological polar surface area (TPSA) is 57.8 Å². The van der Waals surface area contributed by atoms with Crippen LogP contribution in [0.2, 0.25) is 0 Å². The fourth-order valence-corrected chi connectivity index (χ4v) is 0.886. The van der Waals surface area contributed by atoms with E-state index in [1.54, 1.807) is 13.1 Å². The fraction of sp³-hybridized carbons (Fsp3) is 0.556. The Morgan fingerprint density at radius 3 is 2.85 bits per heavy atom. The van der Waals surface area contributed by atoms with E-state index in [0.29, 0.717) is 24.0 Å². The number of aryl methyl sites for hydroxylation is 1. The van der Waals surface area contributed by atoms with E-state index in [1.165, 1.54) is 0 Å². The van der Waals surface area contributed by atoms with Crippen molar-refractivity contribution in [1.29, 1.82) is 0 Å². The Hall–Kier alpha value is -1.16. The zero-order valence-electron chi connectivity index (χ0n) is 8.22. The van der Waals surface area contributed by atoms with Gasteiger partial charge in [-0.2, -0.15) is 0 Å². The lowest BCUT2D eigenvalue weighted by Crippen LogP contribution is -2.25. The first kappa shape index (κ1) is 9.92. The van der Waals surface area contributed by atoms with Crippen LogP contribution in [0.25, 0.3) is 0 Å². The Morgan fingerprint density at radius 2 is 2.31 bits per heavy atom. The first-order valence-electron chi connectivity index (χ1n) is 4.38. The van der Waals surface area contributed by atoms with E-state index in [-0.39, 0.29) is 5.56 Å². The van der Waals surface area contributed by atoms with Crippen LogP contribution in [0, 0.1) is 6.92 Å². The third-order valence-corrected chi connectivity index (χ3v) is 1.71. The quantitative estimate of drug-likeness (QED) is 0.717. The second kappa shape index (κ2) is 4.18. The number of H-pyrrole nitrogens is 1. The maximum absolute atomic E-state index is 11.2. The van der Waals surface area contributed by atoms with E-state index >= 15 is 0 Å². The summed E-state index contributed by atoms with van der Waals surface area (Å²) in [6.07, 6.45) is 1.59. The molecule has 0 bridgehead atoms. The van der Waals surface area contributed by atoms with E-state index in [1.807, 2.05) is 13.8 Å². The number of hydrogen-bond acceptors (Lipinski definition) is 3. The summed E-state index contributed by atoms with van der Waals surface area (Å²) < 4.78 is 0. The monoisotopic (exact) mass is 181 g/mol. The molecule has 4 heteroatoms. The molecule has 0 aliphatic heterocycles. The summed E-state index contributed by atoms with van der Waals surface area (Å²) in [4.78, 5) is 18.0. The van der Waals surface area contributed by atoms with E-state index in [2.05, 4.69) is 15.3 Å². The average Bonchev–Trinajstić information content (AvgIpc) is 2.07. The Balaban J connectivity index is 2.69. The second-order valence-corrected chi connectivity index (χ2v) is 3.38. The second-order valence-electron chi connectivity index (χ2n) is 3.38. The molecule has 1 rings (SSSR count). The van der Waals surface area contributed by atoms with Crippen molar-refractivity contribution in [2.75, 3.05) is 0 Å². The van der Waals surface area contributed by atoms with Crippen molar-refractivity contribution in [3.05, 3.63) is 27.9 Å². The van der Waals surface area contributed by atoms with Gasteiger partial charge in [-0.1, -0.05) is 13.8 Å². The van der Waals surface area contributed by atoms with Gasteiger partial charge in [0, 0.05) is 17.8 Å². The molecule has 13 heavy (non-hydrogen) atoms. The van der Waals surface area contributed by atoms with Crippen LogP contribution in [-0.4, -0.2) is 16.0 Å². The molecule has 0 radical (unpaired) electrons. The van der Waals surface area contributed by atoms with Gasteiger partial charge in [-0.25, -0.2) is 4.98 Å². The summed E-state index contributed by atoms with van der Waals surface area (Å²) in [5.41, 5.74) is 0.587. The summed E-state index contributed by atoms with van der Waals surface area (Å²) in [6, 6.07) is 0.395. The predicted molar refractivity (Wildman–Crippen MR) is 51.6 cm³/mol. The molecule has 0 aliphatic rings. The molecule has 0 unspecified atom stereocenters. The minimum absolute atomic E-state index is 0.0597. The molecule has 0 aromatic carbocycles. The van der Waals surface area contributed by atoms with Gasteiger partial charge in [-0.15, -0.1) is 0 Å². The Bertz CT molecular complexity index is 330. The molecule has 0 aliphatic carbocycles. The summed E-state index contributed by atoms with van der Waals surface area (Å²) in [6.45, 7) is 6.44. The number of aromatic nitrogens is 2. The lowest BCUT2D eigenvalue weighted by Gasteiger charge is -2.06. The summed E-state index contributed by atoms with van der Waals surface area (Å²) in [5, 5.41) is 3.18. The van der Waals surface area contributed by atoms with Gasteiger partial charge in [0.1, 0.15) is 5.82 Å². The van der Waals surface area contributed by atoms with Gasteiger partial charge in [0.25, 0.3) is 5.56 Å². The molecule has 0 amide bonds. The third kappa shape index (κ3) is 2.99. The lowest BCUT2D eigenvalue weighted by molar-refractivity contribution is 0.570. The number of aromatic amines is 1. The van der Waals surface area contributed by atoms with E-state index in [9.17, 15) is 4.79 Å². The van der Waals surface area contributed by atoms with E-state index in [0.717, 1.165) is 0 Å². The largest absolute Gasteiger partial charge is 0.309 e. The van der Waals surface area contributed by atoms with Gasteiger partial charge in [-0.05, 0) is 6.92 Å². The first-order chi connectivity index (χ1) is 6.09. The van der Waals surface area contributed by atoms with Crippen molar-refractivity contribution in [2.24, 2.45) is 0 Å². The van der Waals surface area contributed by atoms with Crippen LogP contribution in [0.5, 0.6) is 0 Å². The third-order valence-electron chi connectivity index (χ3n) is 1.71. The van der Waals surface area contributed by atoms with Crippen LogP contribution in [-0.2, 0) is 6.54 Å². The smallest absolute Gasteiger partial charge is 0.253 e. The van der Waals surface area contributed by atoms with Crippen LogP contribution in [0.3, 0.4) is 0 Å². The highest BCUT2D eigenvalue weighted by atomic mass is 16.1. The van der Waals surface area contributed by atoms with Crippen LogP contribution in [0.15, 0.2) is 11.0 Å². The Kier molecular flexibility index (Phi) is 3.19. The van der Waals surface area contributed by atoms with Crippen LogP contribution < -0.4 is 10.9 Å². The predicted octanol–water partition coefficient (Wildman–Crippen LogP) is 0.576. The maximum atomic E-state index is 11.2. The Labute approximate surface area is 77.4 Å². The van der Waals surface area contributed by atoms with Gasteiger partial charge >= 0.3 is 0 Å². The van der Waals surface area contributed by atoms with Gasteiger partial charge in [0.2, 0.25) is 0 Å². The SMILES string of the molecule is Cc1cnc(CNC(C)C)[nH]c1=O. The fourth-order valence-electron chi connectivity index (χ4n) is 0.886. The summed E-state index contributed by atoms with van der Waals surface area (Å²) in [5.74, 6) is 0.685. The highest BCUT2D eigenvalue weighted by Gasteiger charge is 1.98. The molecule has 1 heterocycles. The Morgan fingerprint density at radius 1 is 1.62 bits per heavy atom. The molecule has 1 aromatic heterocycles. The molecular formula is C9H15N3O. The number of nitrogens with one attached hydrogen (secondary N) is 2. The van der Waals surface area contributed by atoms with Gasteiger partial charge in [0.15, 0.2) is 0 Å². The molecule has 2 N–H and O–H groups in total. The van der Waals surface area contributed by atoms with Crippen molar-refractivity contribution in [3.8, 4) is 0 Å². The summed E-state index contributed by atoms with van der Waals surface area (Å²) in [7, 11) is 0. The number of rotatable bonds is 3. The molecule has 4 nitrogen and oxygen atoms in total. The highest BCUT2D eigenvalue weighted by molar-refractivity contribution is 5.02. The van der Waals surface area contributed by atoms with Gasteiger partial charge in [0.05, 0.1) is 6.54 Å². The molecule has 0 spiro atoms. The number of hydrogen-bond donors (Lipinski definition) is 2. The zero-order chi connectivity index (χ0) is 9.84. The van der Waals surface area contributed by atoms with Crippen molar-refractivity contribution >= 4 is 0 Å². The van der Waals surface area contributed by atoms with Crippen molar-refractivity contribution in [2.45, 2.75) is 33.4 Å². The molecule has 1 aromatic rings. The van der Waals surface area contributed by atoms with Crippen LogP contribution in [0.4, 0.5) is 0 Å². The molecular weight excluding hydrogens is 166 g/mol. The van der Waals surface area contributed by atoms with Crippen LogP contribution >= 0.6 is 0 Å². The minimum atomic E-state index is -0.0597. The zero-order valence-corrected chi connectivity index (χ0v) is 8.22. The summed E-state index contributed by atoms with van der Waals surface area (Å²) >= 11 is 0. The first-order valence-corrected chi connectivity index (χ1v) is 4.38. The minimum Gasteiger partial charge on any atom is -0.309 e. The van der Waals surface area contributed by atoms with E-state index < -0.39 is 0 Å². The average molecular weight is 181 g/mol. The van der Waals surface area contributed by atoms with Crippen molar-refractivity contribution in [3.63, 3.8) is 0 Å². The molecule has 0 fully saturated rings. The molecule has 0 atom stereocenters. The molecule has 0 saturated carbocycles. The van der Waals surface area contributed by atoms with Crippen LogP contribution in [0.1, 0.15) is 25.2 Å². The van der Waals surface area contributed by atoms with Gasteiger partial charge < -0.3 is 10.3 Å². The standard InChI is InChI=1S/C9H15N3O/c1-6(2)10-5-8-11-4-7(3)9(13)12-8/h4,6,10H,5H2,1-3H3,(H,11,12,13). The normalized spacial score (nSPS) is 10.8. The number of nitrogens with zero attached hydrogens (tertiary/aromatic N) is 1. The lowest BCUT2D eigenvalue weighted by atomic mass is 10.3. The molecule has 72 valence electrons. The van der Waals surface area contributed by atoms with E-state index in [4.69, 9.17) is 0 Å². The maximum Gasteiger partial charge on any atom is 0.253 e. The van der Waals surface area contributed by atoms with Crippen molar-refractivity contribution in [1.82, 2.24) is 15.3 Å². The van der Waals surface area contributed by atoms with Gasteiger partial charge in [-0.3, -0.25) is 4.79 Å². The molecule has 0 saturated heterocycles. The highest BCUT2D eigenvalue weighted by Crippen LogP contribution is 1.88.